The van der Waals surface area contributed by atoms with Gasteiger partial charge in [0.05, 0.1) is 7.11 Å². The highest BCUT2D eigenvalue weighted by molar-refractivity contribution is 5.90. The third-order valence-corrected chi connectivity index (χ3v) is 3.35. The zero-order chi connectivity index (χ0) is 16.4. The molecule has 3 rings (SSSR count). The van der Waals surface area contributed by atoms with Gasteiger partial charge >= 0.3 is 0 Å². The summed E-state index contributed by atoms with van der Waals surface area (Å²) in [4.78, 5) is 22.9. The number of benzene rings is 2. The molecule has 0 unspecified atom stereocenters. The molecule has 0 radical (unpaired) electrons. The van der Waals surface area contributed by atoms with E-state index >= 15 is 0 Å². The zero-order valence-electron chi connectivity index (χ0n) is 12.1. The first-order valence-electron chi connectivity index (χ1n) is 6.69. The van der Waals surface area contributed by atoms with E-state index in [1.54, 1.807) is 12.1 Å². The van der Waals surface area contributed by atoms with E-state index in [9.17, 15) is 14.7 Å². The fourth-order valence-corrected chi connectivity index (χ4v) is 2.34. The van der Waals surface area contributed by atoms with Gasteiger partial charge in [-0.05, 0) is 0 Å². The number of phenols is 1. The first-order valence-corrected chi connectivity index (χ1v) is 6.69. The van der Waals surface area contributed by atoms with Crippen LogP contribution in [0, 0.1) is 0 Å². The van der Waals surface area contributed by atoms with Crippen molar-refractivity contribution in [3.05, 3.63) is 52.7 Å². The summed E-state index contributed by atoms with van der Waals surface area (Å²) in [5, 5.41) is 10.2. The molecule has 0 aliphatic rings. The molecule has 0 aliphatic heterocycles. The van der Waals surface area contributed by atoms with Crippen molar-refractivity contribution in [3.63, 3.8) is 0 Å². The molecular formula is C17H12O6. The van der Waals surface area contributed by atoms with Gasteiger partial charge < -0.3 is 19.0 Å². The van der Waals surface area contributed by atoms with Gasteiger partial charge in [0.15, 0.2) is 16.9 Å². The summed E-state index contributed by atoms with van der Waals surface area (Å²) in [6.07, 6.45) is 0. The van der Waals surface area contributed by atoms with Crippen molar-refractivity contribution in [3.8, 4) is 28.6 Å². The molecule has 1 heterocycles. The van der Waals surface area contributed by atoms with E-state index in [4.69, 9.17) is 13.9 Å². The van der Waals surface area contributed by atoms with Gasteiger partial charge in [-0.25, -0.2) is 0 Å². The number of methoxy groups -OCH3 is 1. The van der Waals surface area contributed by atoms with Gasteiger partial charge in [-0.3, -0.25) is 9.59 Å². The third-order valence-electron chi connectivity index (χ3n) is 3.35. The molecule has 6 heteroatoms. The van der Waals surface area contributed by atoms with Crippen LogP contribution in [0.3, 0.4) is 0 Å². The lowest BCUT2D eigenvalue weighted by Crippen LogP contribution is -2.03. The van der Waals surface area contributed by atoms with Crippen LogP contribution < -0.4 is 14.9 Å². The van der Waals surface area contributed by atoms with Crippen LogP contribution in [-0.2, 0) is 4.79 Å². The lowest BCUT2D eigenvalue weighted by Gasteiger charge is -2.11. The molecule has 0 amide bonds. The van der Waals surface area contributed by atoms with Crippen LogP contribution in [0.5, 0.6) is 17.2 Å². The van der Waals surface area contributed by atoms with Gasteiger partial charge in [-0.2, -0.15) is 0 Å². The van der Waals surface area contributed by atoms with Crippen molar-refractivity contribution in [2.24, 2.45) is 0 Å². The minimum atomic E-state index is -0.435. The molecule has 1 aromatic heterocycles. The van der Waals surface area contributed by atoms with E-state index in [-0.39, 0.29) is 28.9 Å². The fourth-order valence-electron chi connectivity index (χ4n) is 2.34. The predicted octanol–water partition coefficient (Wildman–Crippen LogP) is 2.71. The average Bonchev–Trinajstić information content (AvgIpc) is 2.55. The molecule has 3 aromatic rings. The van der Waals surface area contributed by atoms with Crippen LogP contribution in [0.15, 0.2) is 51.7 Å². The first-order chi connectivity index (χ1) is 11.2. The Morgan fingerprint density at radius 2 is 1.91 bits per heavy atom. The summed E-state index contributed by atoms with van der Waals surface area (Å²) in [7, 11) is 1.29. The van der Waals surface area contributed by atoms with Crippen LogP contribution in [0.2, 0.25) is 0 Å². The molecular weight excluding hydrogens is 300 g/mol. The highest BCUT2D eigenvalue weighted by Gasteiger charge is 2.19. The summed E-state index contributed by atoms with van der Waals surface area (Å²) in [6.45, 7) is 0.197. The fraction of sp³-hybridized carbons (Fsp3) is 0.0588. The molecule has 0 atom stereocenters. The molecule has 23 heavy (non-hydrogen) atoms. The van der Waals surface area contributed by atoms with E-state index in [1.807, 2.05) is 18.2 Å². The lowest BCUT2D eigenvalue weighted by molar-refractivity contribution is -0.120. The summed E-state index contributed by atoms with van der Waals surface area (Å²) in [5.74, 6) is -0.245. The second-order valence-corrected chi connectivity index (χ2v) is 4.68. The zero-order valence-corrected chi connectivity index (χ0v) is 12.1. The highest BCUT2D eigenvalue weighted by atomic mass is 16.5. The average molecular weight is 312 g/mol. The Morgan fingerprint density at radius 1 is 1.17 bits per heavy atom. The largest absolute Gasteiger partial charge is 0.504 e. The molecule has 116 valence electrons. The maximum atomic E-state index is 12.3. The molecule has 0 saturated heterocycles. The second-order valence-electron chi connectivity index (χ2n) is 4.68. The van der Waals surface area contributed by atoms with Gasteiger partial charge in [-0.1, -0.05) is 30.3 Å². The number of phenolic OH excluding ortho intramolecular Hbond substituents is 1. The van der Waals surface area contributed by atoms with E-state index < -0.39 is 11.2 Å². The Bertz CT molecular complexity index is 927. The molecule has 0 fully saturated rings. The lowest BCUT2D eigenvalue weighted by atomic mass is 10.1. The van der Waals surface area contributed by atoms with Crippen molar-refractivity contribution in [1.29, 1.82) is 0 Å². The van der Waals surface area contributed by atoms with Crippen LogP contribution in [0.1, 0.15) is 0 Å². The van der Waals surface area contributed by atoms with Gasteiger partial charge in [-0.15, -0.1) is 0 Å². The van der Waals surface area contributed by atoms with E-state index in [1.165, 1.54) is 19.2 Å². The highest BCUT2D eigenvalue weighted by Crippen LogP contribution is 2.41. The third kappa shape index (κ3) is 2.50. The second kappa shape index (κ2) is 5.84. The van der Waals surface area contributed by atoms with Crippen molar-refractivity contribution >= 4 is 17.4 Å². The van der Waals surface area contributed by atoms with Gasteiger partial charge in [0.1, 0.15) is 16.7 Å². The molecule has 6 nitrogen and oxygen atoms in total. The summed E-state index contributed by atoms with van der Waals surface area (Å²) < 4.78 is 15.5. The summed E-state index contributed by atoms with van der Waals surface area (Å²) in [6, 6.07) is 11.7. The summed E-state index contributed by atoms with van der Waals surface area (Å²) in [5.41, 5.74) is 0.365. The Labute approximate surface area is 130 Å². The minimum absolute atomic E-state index is 0.0409. The summed E-state index contributed by atoms with van der Waals surface area (Å²) >= 11 is 0. The van der Waals surface area contributed by atoms with Crippen molar-refractivity contribution in [1.82, 2.24) is 0 Å². The number of carbonyl (C=O) groups is 1. The number of hydrogen-bond acceptors (Lipinski definition) is 6. The normalized spacial score (nSPS) is 10.5. The van der Waals surface area contributed by atoms with E-state index in [0.717, 1.165) is 0 Å². The number of hydrogen-bond donors (Lipinski definition) is 1. The number of carbonyl (C=O) groups excluding carboxylic acids is 1. The topological polar surface area (TPSA) is 86.0 Å². The van der Waals surface area contributed by atoms with Crippen LogP contribution in [0.25, 0.3) is 22.3 Å². The van der Waals surface area contributed by atoms with Crippen LogP contribution in [-0.4, -0.2) is 18.7 Å². The monoisotopic (exact) mass is 312 g/mol. The van der Waals surface area contributed by atoms with Crippen molar-refractivity contribution < 1.29 is 23.8 Å². The number of ether oxygens (including phenoxy) is 2. The number of fused-ring (bicyclic) bond motifs is 1. The smallest absolute Gasteiger partial charge is 0.298 e. The maximum absolute atomic E-state index is 12.3. The first kappa shape index (κ1) is 14.6. The van der Waals surface area contributed by atoms with Gasteiger partial charge in [0, 0.05) is 17.7 Å². The van der Waals surface area contributed by atoms with Gasteiger partial charge in [0.2, 0.25) is 5.75 Å². The molecule has 0 bridgehead atoms. The standard InChI is InChI=1S/C17H12O6/c1-21-17-14(22-9-18)8-13-15(16(17)20)11(19)7-12(23-13)10-5-3-2-4-6-10/h2-9,20H,1H3. The predicted molar refractivity (Wildman–Crippen MR) is 82.8 cm³/mol. The molecule has 0 saturated carbocycles. The maximum Gasteiger partial charge on any atom is 0.298 e. The molecule has 1 N–H and O–H groups in total. The molecule has 0 spiro atoms. The van der Waals surface area contributed by atoms with Crippen LogP contribution in [0.4, 0.5) is 0 Å². The quantitative estimate of drug-likeness (QED) is 0.745. The van der Waals surface area contributed by atoms with Crippen molar-refractivity contribution in [2.75, 3.05) is 7.11 Å². The van der Waals surface area contributed by atoms with E-state index in [0.29, 0.717) is 11.3 Å². The Morgan fingerprint density at radius 3 is 2.57 bits per heavy atom. The van der Waals surface area contributed by atoms with Crippen LogP contribution >= 0.6 is 0 Å². The minimum Gasteiger partial charge on any atom is -0.504 e. The SMILES string of the molecule is COc1c(OC=O)cc2oc(-c3ccccc3)cc(=O)c2c1O. The Hall–Kier alpha value is -3.28. The number of aromatic hydroxyl groups is 1. The van der Waals surface area contributed by atoms with Crippen molar-refractivity contribution in [2.45, 2.75) is 0 Å². The Kier molecular flexibility index (Phi) is 3.72. The Balaban J connectivity index is 2.32. The van der Waals surface area contributed by atoms with Gasteiger partial charge in [0.25, 0.3) is 6.47 Å². The molecule has 0 aliphatic carbocycles. The van der Waals surface area contributed by atoms with E-state index in [2.05, 4.69) is 0 Å². The number of rotatable bonds is 4. The molecule has 2 aromatic carbocycles.